The third kappa shape index (κ3) is 5.63. The Hall–Kier alpha value is -1.75. The molecule has 21 heavy (non-hydrogen) atoms. The van der Waals surface area contributed by atoms with Gasteiger partial charge in [0.2, 0.25) is 0 Å². The summed E-state index contributed by atoms with van der Waals surface area (Å²) in [6.07, 6.45) is 0.0937. The van der Waals surface area contributed by atoms with Crippen molar-refractivity contribution in [3.63, 3.8) is 0 Å². The van der Waals surface area contributed by atoms with Gasteiger partial charge in [-0.3, -0.25) is 4.79 Å². The van der Waals surface area contributed by atoms with Gasteiger partial charge in [-0.05, 0) is 37.5 Å². The molecule has 1 amide bonds. The van der Waals surface area contributed by atoms with Gasteiger partial charge in [-0.2, -0.15) is 0 Å². The van der Waals surface area contributed by atoms with Gasteiger partial charge in [0.05, 0.1) is 0 Å². The van der Waals surface area contributed by atoms with Crippen LogP contribution in [0.15, 0.2) is 18.2 Å². The van der Waals surface area contributed by atoms with Gasteiger partial charge in [-0.15, -0.1) is 0 Å². The third-order valence-corrected chi connectivity index (χ3v) is 3.10. The number of halogens is 1. The number of carboxylic acids is 1. The number of aromatic carboxylic acids is 1. The number of hydrogen-bond acceptors (Lipinski definition) is 3. The minimum absolute atomic E-state index is 0.0654. The summed E-state index contributed by atoms with van der Waals surface area (Å²) < 4.78 is 5.43. The number of carbonyl (C=O) groups excluding carboxylic acids is 1. The van der Waals surface area contributed by atoms with E-state index in [1.807, 2.05) is 0 Å². The normalized spacial score (nSPS) is 12.0. The van der Waals surface area contributed by atoms with Crippen LogP contribution >= 0.6 is 11.6 Å². The summed E-state index contributed by atoms with van der Waals surface area (Å²) in [5, 5.41) is 12.2. The maximum Gasteiger partial charge on any atom is 0.339 e. The first-order valence-corrected chi connectivity index (χ1v) is 7.16. The molecule has 1 aromatic rings. The van der Waals surface area contributed by atoms with Gasteiger partial charge in [0.15, 0.2) is 6.10 Å². The molecule has 1 aromatic carbocycles. The van der Waals surface area contributed by atoms with Gasteiger partial charge in [0, 0.05) is 11.6 Å². The van der Waals surface area contributed by atoms with Crippen LogP contribution in [0, 0.1) is 5.92 Å². The fourth-order valence-electron chi connectivity index (χ4n) is 1.64. The summed E-state index contributed by atoms with van der Waals surface area (Å²) in [5.41, 5.74) is -0.0654. The Labute approximate surface area is 129 Å². The van der Waals surface area contributed by atoms with Crippen LogP contribution in [0.3, 0.4) is 0 Å². The van der Waals surface area contributed by atoms with Crippen LogP contribution in [0.25, 0.3) is 0 Å². The molecular weight excluding hydrogens is 294 g/mol. The molecule has 1 unspecified atom stereocenters. The molecule has 0 radical (unpaired) electrons. The Bertz CT molecular complexity index is 516. The molecule has 0 saturated carbocycles. The second kappa shape index (κ2) is 7.88. The molecule has 1 rings (SSSR count). The molecule has 0 fully saturated rings. The third-order valence-electron chi connectivity index (χ3n) is 2.87. The van der Waals surface area contributed by atoms with Gasteiger partial charge in [0.25, 0.3) is 5.91 Å². The Morgan fingerprint density at radius 2 is 2.00 bits per heavy atom. The molecule has 1 atom stereocenters. The molecule has 0 aliphatic rings. The topological polar surface area (TPSA) is 75.6 Å². The van der Waals surface area contributed by atoms with Crippen molar-refractivity contribution in [1.82, 2.24) is 5.32 Å². The molecule has 2 N–H and O–H groups in total. The molecule has 0 heterocycles. The molecule has 0 aliphatic carbocycles. The van der Waals surface area contributed by atoms with Crippen LogP contribution < -0.4 is 10.1 Å². The quantitative estimate of drug-likeness (QED) is 0.811. The Morgan fingerprint density at radius 3 is 2.57 bits per heavy atom. The molecule has 0 aliphatic heterocycles. The highest BCUT2D eigenvalue weighted by molar-refractivity contribution is 6.31. The van der Waals surface area contributed by atoms with Crippen LogP contribution in [0.2, 0.25) is 5.02 Å². The Balaban J connectivity index is 2.68. The number of rotatable bonds is 7. The smallest absolute Gasteiger partial charge is 0.339 e. The number of benzene rings is 1. The monoisotopic (exact) mass is 313 g/mol. The maximum atomic E-state index is 11.9. The average Bonchev–Trinajstić information content (AvgIpc) is 2.39. The van der Waals surface area contributed by atoms with Crippen LogP contribution in [-0.4, -0.2) is 29.6 Å². The highest BCUT2D eigenvalue weighted by atomic mass is 35.5. The fraction of sp³-hybridized carbons (Fsp3) is 0.467. The van der Waals surface area contributed by atoms with E-state index in [-0.39, 0.29) is 17.2 Å². The van der Waals surface area contributed by atoms with Crippen molar-refractivity contribution in [2.45, 2.75) is 33.3 Å². The lowest BCUT2D eigenvalue weighted by Gasteiger charge is -2.16. The van der Waals surface area contributed by atoms with Crippen molar-refractivity contribution >= 4 is 23.5 Å². The van der Waals surface area contributed by atoms with Crippen molar-refractivity contribution in [2.24, 2.45) is 5.92 Å². The fourth-order valence-corrected chi connectivity index (χ4v) is 1.82. The van der Waals surface area contributed by atoms with E-state index in [4.69, 9.17) is 21.4 Å². The van der Waals surface area contributed by atoms with Crippen molar-refractivity contribution in [1.29, 1.82) is 0 Å². The van der Waals surface area contributed by atoms with E-state index in [2.05, 4.69) is 19.2 Å². The summed E-state index contributed by atoms with van der Waals surface area (Å²) in [6.45, 7) is 6.28. The second-order valence-corrected chi connectivity index (χ2v) is 5.62. The predicted octanol–water partition coefficient (Wildman–Crippen LogP) is 2.97. The highest BCUT2D eigenvalue weighted by Crippen LogP contribution is 2.24. The van der Waals surface area contributed by atoms with E-state index in [0.717, 1.165) is 6.42 Å². The zero-order chi connectivity index (χ0) is 16.0. The molecule has 0 saturated heterocycles. The molecule has 6 heteroatoms. The van der Waals surface area contributed by atoms with Gasteiger partial charge in [-0.25, -0.2) is 4.79 Å². The highest BCUT2D eigenvalue weighted by Gasteiger charge is 2.18. The number of carbonyl (C=O) groups is 2. The van der Waals surface area contributed by atoms with Crippen molar-refractivity contribution in [3.05, 3.63) is 28.8 Å². The zero-order valence-corrected chi connectivity index (χ0v) is 13.1. The van der Waals surface area contributed by atoms with E-state index in [9.17, 15) is 9.59 Å². The first kappa shape index (κ1) is 17.3. The Morgan fingerprint density at radius 1 is 1.33 bits per heavy atom. The van der Waals surface area contributed by atoms with Crippen LogP contribution in [0.5, 0.6) is 5.75 Å². The molecule has 0 spiro atoms. The van der Waals surface area contributed by atoms with E-state index in [0.29, 0.717) is 17.5 Å². The number of carboxylic acid groups (broad SMARTS) is 1. The molecule has 0 bridgehead atoms. The maximum absolute atomic E-state index is 11.9. The van der Waals surface area contributed by atoms with E-state index in [1.54, 1.807) is 6.92 Å². The van der Waals surface area contributed by atoms with Crippen molar-refractivity contribution in [3.8, 4) is 5.75 Å². The summed E-state index contributed by atoms with van der Waals surface area (Å²) >= 11 is 5.76. The van der Waals surface area contributed by atoms with E-state index >= 15 is 0 Å². The van der Waals surface area contributed by atoms with Crippen LogP contribution in [0.4, 0.5) is 0 Å². The number of nitrogens with one attached hydrogen (secondary N) is 1. The number of hydrogen-bond donors (Lipinski definition) is 2. The van der Waals surface area contributed by atoms with Crippen LogP contribution in [0.1, 0.15) is 37.6 Å². The van der Waals surface area contributed by atoms with Crippen LogP contribution in [-0.2, 0) is 4.79 Å². The minimum Gasteiger partial charge on any atom is -0.480 e. The zero-order valence-electron chi connectivity index (χ0n) is 12.4. The molecule has 5 nitrogen and oxygen atoms in total. The van der Waals surface area contributed by atoms with Crippen molar-refractivity contribution in [2.75, 3.05) is 6.54 Å². The van der Waals surface area contributed by atoms with Gasteiger partial charge >= 0.3 is 5.97 Å². The summed E-state index contributed by atoms with van der Waals surface area (Å²) in [5.74, 6) is -0.809. The number of amides is 1. The minimum atomic E-state index is -1.15. The molecule has 116 valence electrons. The summed E-state index contributed by atoms with van der Waals surface area (Å²) in [4.78, 5) is 23.0. The second-order valence-electron chi connectivity index (χ2n) is 5.18. The molecular formula is C15H20ClNO4. The van der Waals surface area contributed by atoms with Gasteiger partial charge < -0.3 is 15.2 Å². The molecule has 0 aromatic heterocycles. The summed E-state index contributed by atoms with van der Waals surface area (Å²) in [7, 11) is 0. The van der Waals surface area contributed by atoms with E-state index < -0.39 is 12.1 Å². The largest absolute Gasteiger partial charge is 0.480 e. The standard InChI is InChI=1S/C15H20ClNO4/c1-9(2)6-7-17-14(18)10(3)21-13-5-4-11(16)8-12(13)15(19)20/h4-5,8-10H,6-7H2,1-3H3,(H,17,18)(H,19,20). The first-order chi connectivity index (χ1) is 9.81. The van der Waals surface area contributed by atoms with E-state index in [1.165, 1.54) is 18.2 Å². The van der Waals surface area contributed by atoms with Crippen molar-refractivity contribution < 1.29 is 19.4 Å². The lowest BCUT2D eigenvalue weighted by molar-refractivity contribution is -0.127. The Kier molecular flexibility index (Phi) is 6.49. The van der Waals surface area contributed by atoms with Gasteiger partial charge in [0.1, 0.15) is 11.3 Å². The van der Waals surface area contributed by atoms with Gasteiger partial charge in [-0.1, -0.05) is 25.4 Å². The lowest BCUT2D eigenvalue weighted by Crippen LogP contribution is -2.37. The average molecular weight is 314 g/mol. The first-order valence-electron chi connectivity index (χ1n) is 6.78. The predicted molar refractivity (Wildman–Crippen MR) is 81.0 cm³/mol. The summed E-state index contributed by atoms with van der Waals surface area (Å²) in [6, 6.07) is 4.26. The SMILES string of the molecule is CC(C)CCNC(=O)C(C)Oc1ccc(Cl)cc1C(=O)O. The lowest BCUT2D eigenvalue weighted by atomic mass is 10.1. The number of ether oxygens (including phenoxy) is 1.